The highest BCUT2D eigenvalue weighted by atomic mass is 35.5. The summed E-state index contributed by atoms with van der Waals surface area (Å²) in [5.41, 5.74) is 4.47. The van der Waals surface area contributed by atoms with E-state index in [1.54, 1.807) is 0 Å². The van der Waals surface area contributed by atoms with Crippen LogP contribution in [-0.4, -0.2) is 38.6 Å². The van der Waals surface area contributed by atoms with Gasteiger partial charge in [-0.25, -0.2) is 0 Å². The van der Waals surface area contributed by atoms with Gasteiger partial charge in [0.2, 0.25) is 0 Å². The fraction of sp³-hybridized carbons (Fsp3) is 0.350. The molecule has 0 bridgehead atoms. The number of rotatable bonds is 4. The third-order valence-corrected chi connectivity index (χ3v) is 5.08. The van der Waals surface area contributed by atoms with Gasteiger partial charge in [-0.1, -0.05) is 23.7 Å². The molecule has 1 aliphatic heterocycles. The Hall–Kier alpha value is -2.04. The van der Waals surface area contributed by atoms with Crippen molar-refractivity contribution in [3.8, 4) is 0 Å². The van der Waals surface area contributed by atoms with E-state index in [4.69, 9.17) is 11.6 Å². The minimum Gasteiger partial charge on any atom is -0.360 e. The standard InChI is InChI=1S/C20H24ClN3O/c1-15-6-7-18(12-16(15)2)22-20(25)14-23-8-10-24(11-9-23)19-5-3-4-17(21)13-19/h3-7,12-13H,8-11,14H2,1-2H3,(H,22,25)/p+1. The molecule has 1 fully saturated rings. The molecule has 0 spiro atoms. The first-order valence-corrected chi connectivity index (χ1v) is 9.10. The number of anilines is 2. The van der Waals surface area contributed by atoms with Gasteiger partial charge in [-0.15, -0.1) is 0 Å². The van der Waals surface area contributed by atoms with Crippen LogP contribution in [-0.2, 0) is 4.79 Å². The van der Waals surface area contributed by atoms with Gasteiger partial charge in [0.1, 0.15) is 0 Å². The van der Waals surface area contributed by atoms with Gasteiger partial charge < -0.3 is 15.1 Å². The number of aryl methyl sites for hydroxylation is 2. The first-order valence-electron chi connectivity index (χ1n) is 8.72. The Bertz CT molecular complexity index is 754. The third kappa shape index (κ3) is 4.74. The van der Waals surface area contributed by atoms with Crippen LogP contribution in [0.4, 0.5) is 11.4 Å². The number of hydrogen-bond acceptors (Lipinski definition) is 2. The highest BCUT2D eigenvalue weighted by Gasteiger charge is 2.22. The second-order valence-electron chi connectivity index (χ2n) is 6.74. The molecule has 1 aliphatic rings. The molecule has 1 heterocycles. The lowest BCUT2D eigenvalue weighted by Crippen LogP contribution is -3.15. The Kier molecular flexibility index (Phi) is 5.61. The topological polar surface area (TPSA) is 36.8 Å². The summed E-state index contributed by atoms with van der Waals surface area (Å²) >= 11 is 6.07. The second kappa shape index (κ2) is 7.89. The molecule has 0 saturated carbocycles. The van der Waals surface area contributed by atoms with Crippen molar-refractivity contribution in [1.29, 1.82) is 0 Å². The zero-order chi connectivity index (χ0) is 17.8. The summed E-state index contributed by atoms with van der Waals surface area (Å²) in [6, 6.07) is 14.0. The van der Waals surface area contributed by atoms with Gasteiger partial charge >= 0.3 is 0 Å². The van der Waals surface area contributed by atoms with E-state index in [-0.39, 0.29) is 5.91 Å². The SMILES string of the molecule is Cc1ccc(NC(=O)C[NH+]2CCN(c3cccc(Cl)c3)CC2)cc1C. The van der Waals surface area contributed by atoms with Crippen molar-refractivity contribution in [1.82, 2.24) is 0 Å². The van der Waals surface area contributed by atoms with Crippen molar-refractivity contribution in [2.45, 2.75) is 13.8 Å². The number of quaternary nitrogens is 1. The molecule has 0 unspecified atom stereocenters. The number of nitrogens with one attached hydrogen (secondary N) is 2. The average molecular weight is 359 g/mol. The highest BCUT2D eigenvalue weighted by molar-refractivity contribution is 6.30. The summed E-state index contributed by atoms with van der Waals surface area (Å²) in [7, 11) is 0. The van der Waals surface area contributed by atoms with E-state index in [0.29, 0.717) is 6.54 Å². The maximum atomic E-state index is 12.3. The molecule has 132 valence electrons. The fourth-order valence-corrected chi connectivity index (χ4v) is 3.37. The largest absolute Gasteiger partial charge is 0.360 e. The van der Waals surface area contributed by atoms with Gasteiger partial charge in [0.15, 0.2) is 6.54 Å². The lowest BCUT2D eigenvalue weighted by molar-refractivity contribution is -0.892. The van der Waals surface area contributed by atoms with Crippen LogP contribution in [0.1, 0.15) is 11.1 Å². The minimum atomic E-state index is 0.0782. The molecule has 1 saturated heterocycles. The van der Waals surface area contributed by atoms with Gasteiger partial charge in [0, 0.05) is 16.4 Å². The maximum absolute atomic E-state index is 12.3. The number of carbonyl (C=O) groups excluding carboxylic acids is 1. The van der Waals surface area contributed by atoms with E-state index in [2.05, 4.69) is 30.1 Å². The number of amides is 1. The minimum absolute atomic E-state index is 0.0782. The monoisotopic (exact) mass is 358 g/mol. The van der Waals surface area contributed by atoms with Crippen molar-refractivity contribution in [3.05, 3.63) is 58.6 Å². The number of nitrogens with zero attached hydrogens (tertiary/aromatic N) is 1. The number of benzene rings is 2. The molecule has 0 aliphatic carbocycles. The molecule has 25 heavy (non-hydrogen) atoms. The highest BCUT2D eigenvalue weighted by Crippen LogP contribution is 2.19. The van der Waals surface area contributed by atoms with Gasteiger partial charge in [0.05, 0.1) is 26.2 Å². The van der Waals surface area contributed by atoms with Crippen LogP contribution in [0.2, 0.25) is 5.02 Å². The van der Waals surface area contributed by atoms with E-state index < -0.39 is 0 Å². The first kappa shape index (κ1) is 17.8. The number of carbonyl (C=O) groups is 1. The molecule has 2 aromatic rings. The van der Waals surface area contributed by atoms with Crippen molar-refractivity contribution in [3.63, 3.8) is 0 Å². The molecule has 1 amide bonds. The van der Waals surface area contributed by atoms with E-state index in [9.17, 15) is 4.79 Å². The van der Waals surface area contributed by atoms with Gasteiger partial charge in [0.25, 0.3) is 5.91 Å². The predicted octanol–water partition coefficient (Wildman–Crippen LogP) is 2.30. The van der Waals surface area contributed by atoms with Gasteiger partial charge in [-0.2, -0.15) is 0 Å². The third-order valence-electron chi connectivity index (χ3n) is 4.85. The average Bonchev–Trinajstić information content (AvgIpc) is 2.59. The van der Waals surface area contributed by atoms with Crippen molar-refractivity contribution >= 4 is 28.9 Å². The van der Waals surface area contributed by atoms with Crippen LogP contribution in [0.25, 0.3) is 0 Å². The molecule has 5 heteroatoms. The molecule has 2 aromatic carbocycles. The lowest BCUT2D eigenvalue weighted by atomic mass is 10.1. The van der Waals surface area contributed by atoms with Crippen LogP contribution >= 0.6 is 11.6 Å². The predicted molar refractivity (Wildman–Crippen MR) is 104 cm³/mol. The van der Waals surface area contributed by atoms with Crippen LogP contribution < -0.4 is 15.1 Å². The Morgan fingerprint density at radius 1 is 1.12 bits per heavy atom. The summed E-state index contributed by atoms with van der Waals surface area (Å²) in [5, 5.41) is 3.78. The smallest absolute Gasteiger partial charge is 0.279 e. The van der Waals surface area contributed by atoms with Gasteiger partial charge in [-0.3, -0.25) is 4.79 Å². The maximum Gasteiger partial charge on any atom is 0.279 e. The number of piperazine rings is 1. The molecule has 0 aromatic heterocycles. The fourth-order valence-electron chi connectivity index (χ4n) is 3.18. The zero-order valence-corrected chi connectivity index (χ0v) is 15.6. The van der Waals surface area contributed by atoms with Crippen LogP contribution in [0, 0.1) is 13.8 Å². The number of hydrogen-bond donors (Lipinski definition) is 2. The normalized spacial score (nSPS) is 15.2. The van der Waals surface area contributed by atoms with Crippen LogP contribution in [0.3, 0.4) is 0 Å². The zero-order valence-electron chi connectivity index (χ0n) is 14.8. The van der Waals surface area contributed by atoms with Crippen molar-refractivity contribution in [2.24, 2.45) is 0 Å². The Morgan fingerprint density at radius 3 is 2.56 bits per heavy atom. The Balaban J connectivity index is 1.50. The van der Waals surface area contributed by atoms with E-state index >= 15 is 0 Å². The first-order chi connectivity index (χ1) is 12.0. The second-order valence-corrected chi connectivity index (χ2v) is 7.18. The molecule has 2 N–H and O–H groups in total. The summed E-state index contributed by atoms with van der Waals surface area (Å²) < 4.78 is 0. The molecule has 0 atom stereocenters. The summed E-state index contributed by atoms with van der Waals surface area (Å²) in [6.07, 6.45) is 0. The summed E-state index contributed by atoms with van der Waals surface area (Å²) in [5.74, 6) is 0.0782. The molecule has 4 nitrogen and oxygen atoms in total. The van der Waals surface area contributed by atoms with Crippen LogP contribution in [0.15, 0.2) is 42.5 Å². The molecule has 0 radical (unpaired) electrons. The van der Waals surface area contributed by atoms with Gasteiger partial charge in [-0.05, 0) is 55.3 Å². The van der Waals surface area contributed by atoms with E-state index in [0.717, 1.165) is 42.6 Å². The van der Waals surface area contributed by atoms with Crippen LogP contribution in [0.5, 0.6) is 0 Å². The number of halogens is 1. The van der Waals surface area contributed by atoms with Crippen molar-refractivity contribution < 1.29 is 9.69 Å². The quantitative estimate of drug-likeness (QED) is 0.880. The molecule has 3 rings (SSSR count). The summed E-state index contributed by atoms with van der Waals surface area (Å²) in [4.78, 5) is 16.0. The molecular weight excluding hydrogens is 334 g/mol. The summed E-state index contributed by atoms with van der Waals surface area (Å²) in [6.45, 7) is 8.42. The van der Waals surface area contributed by atoms with Crippen molar-refractivity contribution in [2.75, 3.05) is 42.9 Å². The van der Waals surface area contributed by atoms with E-state index in [1.165, 1.54) is 16.0 Å². The Labute approximate surface area is 154 Å². The van der Waals surface area contributed by atoms with E-state index in [1.807, 2.05) is 36.4 Å². The lowest BCUT2D eigenvalue weighted by Gasteiger charge is -2.33. The molecular formula is C20H25ClN3O+. The Morgan fingerprint density at radius 2 is 1.88 bits per heavy atom.